The standard InChI is InChI=1S/C18H23NO3/c20-16(11-14-7-3-1-4-8-14)18(13-22-17(21)19-18)12-15-9-5-2-6-10-15/h2,5-6,9-10,14H,1,3-4,7-8,11-13H2,(H,19,21)/t18-/m1/s1. The molecule has 1 saturated heterocycles. The van der Waals surface area contributed by atoms with E-state index < -0.39 is 11.6 Å². The summed E-state index contributed by atoms with van der Waals surface area (Å²) in [6, 6.07) is 9.82. The van der Waals surface area contributed by atoms with Gasteiger partial charge in [-0.05, 0) is 11.5 Å². The number of amides is 1. The summed E-state index contributed by atoms with van der Waals surface area (Å²) in [5.41, 5.74) is 0.167. The minimum absolute atomic E-state index is 0.120. The Morgan fingerprint density at radius 3 is 2.55 bits per heavy atom. The fraction of sp³-hybridized carbons (Fsp3) is 0.556. The highest BCUT2D eigenvalue weighted by Gasteiger charge is 2.46. The number of rotatable bonds is 5. The fourth-order valence-electron chi connectivity index (χ4n) is 3.59. The van der Waals surface area contributed by atoms with Crippen molar-refractivity contribution >= 4 is 11.9 Å². The molecule has 1 aromatic carbocycles. The van der Waals surface area contributed by atoms with E-state index in [1.165, 1.54) is 19.3 Å². The van der Waals surface area contributed by atoms with E-state index in [4.69, 9.17) is 4.74 Å². The molecule has 0 aromatic heterocycles. The average Bonchev–Trinajstić information content (AvgIpc) is 2.91. The lowest BCUT2D eigenvalue weighted by Gasteiger charge is -2.28. The lowest BCUT2D eigenvalue weighted by atomic mass is 9.79. The van der Waals surface area contributed by atoms with E-state index in [1.54, 1.807) is 0 Å². The number of cyclic esters (lactones) is 1. The van der Waals surface area contributed by atoms with E-state index in [0.717, 1.165) is 18.4 Å². The Kier molecular flexibility index (Phi) is 4.46. The lowest BCUT2D eigenvalue weighted by Crippen LogP contribution is -2.53. The van der Waals surface area contributed by atoms with Crippen molar-refractivity contribution in [1.29, 1.82) is 0 Å². The summed E-state index contributed by atoms with van der Waals surface area (Å²) in [5, 5.41) is 2.79. The number of benzene rings is 1. The molecule has 0 bridgehead atoms. The van der Waals surface area contributed by atoms with Crippen LogP contribution in [0.1, 0.15) is 44.1 Å². The van der Waals surface area contributed by atoms with E-state index in [-0.39, 0.29) is 12.4 Å². The van der Waals surface area contributed by atoms with Gasteiger partial charge in [-0.15, -0.1) is 0 Å². The van der Waals surface area contributed by atoms with Crippen molar-refractivity contribution in [1.82, 2.24) is 5.32 Å². The van der Waals surface area contributed by atoms with Crippen molar-refractivity contribution in [2.45, 2.75) is 50.5 Å². The smallest absolute Gasteiger partial charge is 0.408 e. The number of carbonyl (C=O) groups excluding carboxylic acids is 2. The molecule has 1 amide bonds. The molecule has 1 aromatic rings. The molecular formula is C18H23NO3. The number of ketones is 1. The summed E-state index contributed by atoms with van der Waals surface area (Å²) in [6.07, 6.45) is 6.54. The highest BCUT2D eigenvalue weighted by atomic mass is 16.6. The van der Waals surface area contributed by atoms with Crippen LogP contribution < -0.4 is 5.32 Å². The second-order valence-electron chi connectivity index (χ2n) is 6.58. The third kappa shape index (κ3) is 3.32. The summed E-state index contributed by atoms with van der Waals surface area (Å²) in [7, 11) is 0. The van der Waals surface area contributed by atoms with Crippen LogP contribution in [0.4, 0.5) is 4.79 Å². The molecule has 1 atom stereocenters. The molecular weight excluding hydrogens is 278 g/mol. The first-order valence-electron chi connectivity index (χ1n) is 8.20. The largest absolute Gasteiger partial charge is 0.447 e. The zero-order valence-electron chi connectivity index (χ0n) is 12.8. The molecule has 0 unspecified atom stereocenters. The van der Waals surface area contributed by atoms with Gasteiger partial charge in [-0.3, -0.25) is 4.79 Å². The summed E-state index contributed by atoms with van der Waals surface area (Å²) in [5.74, 6) is 0.584. The molecule has 2 aliphatic rings. The van der Waals surface area contributed by atoms with Crippen molar-refractivity contribution in [3.05, 3.63) is 35.9 Å². The quantitative estimate of drug-likeness (QED) is 0.908. The lowest BCUT2D eigenvalue weighted by molar-refractivity contribution is -0.126. The number of ether oxygens (including phenoxy) is 1. The summed E-state index contributed by atoms with van der Waals surface area (Å²) in [4.78, 5) is 24.5. The molecule has 0 radical (unpaired) electrons. The maximum atomic E-state index is 12.9. The van der Waals surface area contributed by atoms with E-state index in [1.807, 2.05) is 30.3 Å². The number of alkyl carbamates (subject to hydrolysis) is 1. The number of carbonyl (C=O) groups is 2. The van der Waals surface area contributed by atoms with Gasteiger partial charge in [-0.2, -0.15) is 0 Å². The first-order chi connectivity index (χ1) is 10.7. The van der Waals surface area contributed by atoms with Crippen LogP contribution in [0.3, 0.4) is 0 Å². The van der Waals surface area contributed by atoms with E-state index in [9.17, 15) is 9.59 Å². The average molecular weight is 301 g/mol. The minimum atomic E-state index is -0.879. The van der Waals surface area contributed by atoms with Crippen LogP contribution in [0, 0.1) is 5.92 Å². The minimum Gasteiger partial charge on any atom is -0.447 e. The molecule has 1 heterocycles. The Balaban J connectivity index is 1.73. The van der Waals surface area contributed by atoms with Crippen molar-refractivity contribution in [2.75, 3.05) is 6.61 Å². The number of hydrogen-bond donors (Lipinski definition) is 1. The fourth-order valence-corrected chi connectivity index (χ4v) is 3.59. The Hall–Kier alpha value is -1.84. The van der Waals surface area contributed by atoms with Gasteiger partial charge in [0.15, 0.2) is 5.78 Å². The molecule has 4 heteroatoms. The molecule has 0 spiro atoms. The summed E-state index contributed by atoms with van der Waals surface area (Å²) >= 11 is 0. The van der Waals surface area contributed by atoms with Gasteiger partial charge in [0.2, 0.25) is 0 Å². The van der Waals surface area contributed by atoms with Gasteiger partial charge in [0, 0.05) is 12.8 Å². The van der Waals surface area contributed by atoms with Gasteiger partial charge >= 0.3 is 6.09 Å². The number of hydrogen-bond acceptors (Lipinski definition) is 3. The van der Waals surface area contributed by atoms with Crippen molar-refractivity contribution < 1.29 is 14.3 Å². The van der Waals surface area contributed by atoms with Gasteiger partial charge in [0.05, 0.1) is 0 Å². The molecule has 1 N–H and O–H groups in total. The molecule has 1 saturated carbocycles. The van der Waals surface area contributed by atoms with Gasteiger partial charge in [-0.25, -0.2) is 4.79 Å². The van der Waals surface area contributed by atoms with Crippen LogP contribution in [0.15, 0.2) is 30.3 Å². The van der Waals surface area contributed by atoms with E-state index >= 15 is 0 Å². The van der Waals surface area contributed by atoms with Crippen molar-refractivity contribution in [3.8, 4) is 0 Å². The second-order valence-corrected chi connectivity index (χ2v) is 6.58. The zero-order chi connectivity index (χ0) is 15.4. The topological polar surface area (TPSA) is 55.4 Å². The van der Waals surface area contributed by atoms with Crippen LogP contribution in [-0.4, -0.2) is 24.0 Å². The summed E-state index contributed by atoms with van der Waals surface area (Å²) < 4.78 is 5.08. The van der Waals surface area contributed by atoms with Crippen molar-refractivity contribution in [3.63, 3.8) is 0 Å². The monoisotopic (exact) mass is 301 g/mol. The molecule has 4 nitrogen and oxygen atoms in total. The molecule has 118 valence electrons. The highest BCUT2D eigenvalue weighted by molar-refractivity contribution is 5.94. The predicted octanol–water partition coefficient (Wildman–Crippen LogP) is 3.25. The number of nitrogens with one attached hydrogen (secondary N) is 1. The molecule has 2 fully saturated rings. The Morgan fingerprint density at radius 2 is 1.91 bits per heavy atom. The Morgan fingerprint density at radius 1 is 1.18 bits per heavy atom. The molecule has 22 heavy (non-hydrogen) atoms. The van der Waals surface area contributed by atoms with Gasteiger partial charge in [0.1, 0.15) is 12.1 Å². The predicted molar refractivity (Wildman–Crippen MR) is 83.6 cm³/mol. The van der Waals surface area contributed by atoms with E-state index in [0.29, 0.717) is 18.8 Å². The Bertz CT molecular complexity index is 537. The zero-order valence-corrected chi connectivity index (χ0v) is 12.8. The van der Waals surface area contributed by atoms with E-state index in [2.05, 4.69) is 5.32 Å². The van der Waals surface area contributed by atoms with Crippen LogP contribution in [-0.2, 0) is 16.0 Å². The number of Topliss-reactive ketones (excluding diaryl/α,β-unsaturated/α-hetero) is 1. The van der Waals surface area contributed by atoms with Crippen LogP contribution in [0.2, 0.25) is 0 Å². The van der Waals surface area contributed by atoms with Crippen LogP contribution in [0.25, 0.3) is 0 Å². The Labute approximate surface area is 131 Å². The normalized spacial score (nSPS) is 25.5. The van der Waals surface area contributed by atoms with Gasteiger partial charge in [-0.1, -0.05) is 62.4 Å². The SMILES string of the molecule is O=C1N[C@@](Cc2ccccc2)(C(=O)CC2CCCCC2)CO1. The molecule has 1 aliphatic heterocycles. The maximum Gasteiger partial charge on any atom is 0.408 e. The first-order valence-corrected chi connectivity index (χ1v) is 8.20. The second kappa shape index (κ2) is 6.51. The molecule has 3 rings (SSSR count). The first kappa shape index (κ1) is 15.1. The third-order valence-electron chi connectivity index (χ3n) is 4.87. The third-order valence-corrected chi connectivity index (χ3v) is 4.87. The van der Waals surface area contributed by atoms with Gasteiger partial charge < -0.3 is 10.1 Å². The maximum absolute atomic E-state index is 12.9. The summed E-state index contributed by atoms with van der Waals surface area (Å²) in [6.45, 7) is 0.145. The highest BCUT2D eigenvalue weighted by Crippen LogP contribution is 2.30. The molecule has 1 aliphatic carbocycles. The van der Waals surface area contributed by atoms with Gasteiger partial charge in [0.25, 0.3) is 0 Å². The van der Waals surface area contributed by atoms with Crippen LogP contribution in [0.5, 0.6) is 0 Å². The van der Waals surface area contributed by atoms with Crippen LogP contribution >= 0.6 is 0 Å². The van der Waals surface area contributed by atoms with Crippen molar-refractivity contribution in [2.24, 2.45) is 5.92 Å².